The fourth-order valence-electron chi connectivity index (χ4n) is 2.45. The number of aliphatic hydroxyl groups excluding tert-OH is 1. The molecule has 1 aromatic heterocycles. The quantitative estimate of drug-likeness (QED) is 0.817. The predicted molar refractivity (Wildman–Crippen MR) is 67.8 cm³/mol. The number of nitrogens with one attached hydrogen (secondary N) is 1. The minimum absolute atomic E-state index is 0.0237. The Morgan fingerprint density at radius 2 is 2.24 bits per heavy atom. The first-order valence-corrected chi connectivity index (χ1v) is 6.45. The molecule has 0 atom stereocenters. The first kappa shape index (κ1) is 12.6. The molecule has 1 fully saturated rings. The predicted octanol–water partition coefficient (Wildman–Crippen LogP) is 1.55. The Morgan fingerprint density at radius 1 is 1.53 bits per heavy atom. The molecule has 1 aliphatic rings. The fourth-order valence-corrected chi connectivity index (χ4v) is 2.45. The zero-order valence-electron chi connectivity index (χ0n) is 11.0. The van der Waals surface area contributed by atoms with Crippen molar-refractivity contribution in [1.82, 2.24) is 15.1 Å². The molecule has 1 aromatic rings. The zero-order chi connectivity index (χ0) is 12.5. The van der Waals surface area contributed by atoms with E-state index in [1.165, 1.54) is 12.0 Å². The van der Waals surface area contributed by atoms with Crippen molar-refractivity contribution in [3.05, 3.63) is 17.5 Å². The molecule has 1 heterocycles. The van der Waals surface area contributed by atoms with Crippen LogP contribution in [-0.2, 0) is 13.6 Å². The number of rotatable bonds is 5. The summed E-state index contributed by atoms with van der Waals surface area (Å²) in [5.41, 5.74) is 2.39. The van der Waals surface area contributed by atoms with E-state index in [0.29, 0.717) is 5.92 Å². The Kier molecular flexibility index (Phi) is 3.54. The summed E-state index contributed by atoms with van der Waals surface area (Å²) in [6.07, 6.45) is 5.46. The lowest BCUT2D eigenvalue weighted by molar-refractivity contribution is 0.0871. The summed E-state index contributed by atoms with van der Waals surface area (Å²) in [6, 6.07) is 0. The normalized spacial score (nSPS) is 18.4. The zero-order valence-corrected chi connectivity index (χ0v) is 11.0. The third-order valence-electron chi connectivity index (χ3n) is 3.75. The molecule has 0 saturated heterocycles. The van der Waals surface area contributed by atoms with Crippen LogP contribution in [0.25, 0.3) is 0 Å². The van der Waals surface area contributed by atoms with E-state index >= 15 is 0 Å². The lowest BCUT2D eigenvalue weighted by Gasteiger charge is -2.41. The molecule has 2 N–H and O–H groups in total. The molecule has 2 rings (SSSR count). The number of aliphatic hydroxyl groups is 1. The molecule has 0 unspecified atom stereocenters. The molecule has 0 amide bonds. The minimum Gasteiger partial charge on any atom is -0.394 e. The molecule has 1 saturated carbocycles. The van der Waals surface area contributed by atoms with Gasteiger partial charge >= 0.3 is 0 Å². The van der Waals surface area contributed by atoms with Gasteiger partial charge in [0.05, 0.1) is 12.3 Å². The standard InChI is InChI=1S/C13H23N3O/c1-10(2)12-11(8-16(3)15-12)7-14-13(9-17)5-4-6-13/h8,10,14,17H,4-7,9H2,1-3H3. The van der Waals surface area contributed by atoms with Gasteiger partial charge in [0.15, 0.2) is 0 Å². The SMILES string of the molecule is CC(C)c1nn(C)cc1CNC1(CO)CCC1. The van der Waals surface area contributed by atoms with Gasteiger partial charge in [-0.2, -0.15) is 5.10 Å². The summed E-state index contributed by atoms with van der Waals surface area (Å²) in [4.78, 5) is 0. The molecule has 0 radical (unpaired) electrons. The Bertz CT molecular complexity index is 375. The van der Waals surface area contributed by atoms with Crippen LogP contribution in [-0.4, -0.2) is 27.0 Å². The maximum absolute atomic E-state index is 9.41. The fraction of sp³-hybridized carbons (Fsp3) is 0.769. The smallest absolute Gasteiger partial charge is 0.0694 e. The van der Waals surface area contributed by atoms with E-state index < -0.39 is 0 Å². The molecule has 0 aromatic carbocycles. The van der Waals surface area contributed by atoms with Gasteiger partial charge in [-0.3, -0.25) is 4.68 Å². The summed E-state index contributed by atoms with van der Waals surface area (Å²) in [6.45, 7) is 5.38. The van der Waals surface area contributed by atoms with Crippen molar-refractivity contribution in [3.63, 3.8) is 0 Å². The van der Waals surface area contributed by atoms with Crippen molar-refractivity contribution in [2.24, 2.45) is 7.05 Å². The van der Waals surface area contributed by atoms with Crippen molar-refractivity contribution in [1.29, 1.82) is 0 Å². The molecular formula is C13H23N3O. The monoisotopic (exact) mass is 237 g/mol. The number of hydrogen-bond acceptors (Lipinski definition) is 3. The van der Waals surface area contributed by atoms with Crippen LogP contribution in [0.1, 0.15) is 50.3 Å². The second kappa shape index (κ2) is 4.78. The van der Waals surface area contributed by atoms with Crippen molar-refractivity contribution in [2.75, 3.05) is 6.61 Å². The van der Waals surface area contributed by atoms with Crippen molar-refractivity contribution in [3.8, 4) is 0 Å². The molecule has 1 aliphatic carbocycles. The highest BCUT2D eigenvalue weighted by Gasteiger charge is 2.35. The topological polar surface area (TPSA) is 50.1 Å². The minimum atomic E-state index is -0.0237. The van der Waals surface area contributed by atoms with Crippen LogP contribution in [0.15, 0.2) is 6.20 Å². The van der Waals surface area contributed by atoms with Crippen LogP contribution in [0, 0.1) is 0 Å². The second-order valence-electron chi connectivity index (χ2n) is 5.51. The van der Waals surface area contributed by atoms with Crippen LogP contribution in [0.2, 0.25) is 0 Å². The molecule has 4 heteroatoms. The van der Waals surface area contributed by atoms with Crippen LogP contribution in [0.4, 0.5) is 0 Å². The van der Waals surface area contributed by atoms with Crippen molar-refractivity contribution >= 4 is 0 Å². The highest BCUT2D eigenvalue weighted by Crippen LogP contribution is 2.31. The molecule has 96 valence electrons. The van der Waals surface area contributed by atoms with E-state index in [1.54, 1.807) is 0 Å². The Balaban J connectivity index is 2.03. The summed E-state index contributed by atoms with van der Waals surface area (Å²) in [5, 5.41) is 17.4. The van der Waals surface area contributed by atoms with Gasteiger partial charge < -0.3 is 10.4 Å². The number of aryl methyl sites for hydroxylation is 1. The highest BCUT2D eigenvalue weighted by atomic mass is 16.3. The number of hydrogen-bond donors (Lipinski definition) is 2. The van der Waals surface area contributed by atoms with Crippen LogP contribution in [0.5, 0.6) is 0 Å². The van der Waals surface area contributed by atoms with Crippen LogP contribution >= 0.6 is 0 Å². The average molecular weight is 237 g/mol. The first-order chi connectivity index (χ1) is 8.06. The summed E-state index contributed by atoms with van der Waals surface area (Å²) >= 11 is 0. The second-order valence-corrected chi connectivity index (χ2v) is 5.51. The van der Waals surface area contributed by atoms with Gasteiger partial charge in [0.1, 0.15) is 0 Å². The van der Waals surface area contributed by atoms with Gasteiger partial charge in [0, 0.05) is 30.9 Å². The Hall–Kier alpha value is -0.870. The highest BCUT2D eigenvalue weighted by molar-refractivity contribution is 5.20. The van der Waals surface area contributed by atoms with Gasteiger partial charge in [-0.05, 0) is 25.2 Å². The van der Waals surface area contributed by atoms with E-state index in [9.17, 15) is 5.11 Å². The van der Waals surface area contributed by atoms with Crippen LogP contribution in [0.3, 0.4) is 0 Å². The van der Waals surface area contributed by atoms with Gasteiger partial charge in [-0.1, -0.05) is 13.8 Å². The maximum atomic E-state index is 9.41. The third kappa shape index (κ3) is 2.53. The summed E-state index contributed by atoms with van der Waals surface area (Å²) in [7, 11) is 1.96. The van der Waals surface area contributed by atoms with Gasteiger partial charge in [0.2, 0.25) is 0 Å². The van der Waals surface area contributed by atoms with E-state index in [2.05, 4.69) is 30.5 Å². The van der Waals surface area contributed by atoms with Gasteiger partial charge in [0.25, 0.3) is 0 Å². The number of nitrogens with zero attached hydrogens (tertiary/aromatic N) is 2. The van der Waals surface area contributed by atoms with Gasteiger partial charge in [-0.25, -0.2) is 0 Å². The average Bonchev–Trinajstić information content (AvgIpc) is 2.59. The van der Waals surface area contributed by atoms with E-state index in [-0.39, 0.29) is 12.1 Å². The van der Waals surface area contributed by atoms with Gasteiger partial charge in [-0.15, -0.1) is 0 Å². The first-order valence-electron chi connectivity index (χ1n) is 6.45. The maximum Gasteiger partial charge on any atom is 0.0694 e. The lowest BCUT2D eigenvalue weighted by atomic mass is 9.77. The lowest BCUT2D eigenvalue weighted by Crippen LogP contribution is -2.53. The molecule has 0 aliphatic heterocycles. The molecular weight excluding hydrogens is 214 g/mol. The molecule has 17 heavy (non-hydrogen) atoms. The van der Waals surface area contributed by atoms with E-state index in [1.807, 2.05) is 11.7 Å². The van der Waals surface area contributed by atoms with E-state index in [4.69, 9.17) is 0 Å². The largest absolute Gasteiger partial charge is 0.394 e. The Labute approximate surface area is 103 Å². The summed E-state index contributed by atoms with van der Waals surface area (Å²) < 4.78 is 1.87. The molecule has 4 nitrogen and oxygen atoms in total. The van der Waals surface area contributed by atoms with Crippen molar-refractivity contribution in [2.45, 2.75) is 51.1 Å². The van der Waals surface area contributed by atoms with Crippen molar-refractivity contribution < 1.29 is 5.11 Å². The van der Waals surface area contributed by atoms with E-state index in [0.717, 1.165) is 25.1 Å². The summed E-state index contributed by atoms with van der Waals surface area (Å²) in [5.74, 6) is 0.444. The van der Waals surface area contributed by atoms with Crippen LogP contribution < -0.4 is 5.32 Å². The molecule has 0 spiro atoms. The number of aromatic nitrogens is 2. The Morgan fingerprint density at radius 3 is 2.71 bits per heavy atom. The third-order valence-corrected chi connectivity index (χ3v) is 3.75. The molecule has 0 bridgehead atoms.